The molecule has 0 spiro atoms. The largest absolute Gasteiger partial charge is 0.374 e. The zero-order chi connectivity index (χ0) is 25.2. The van der Waals surface area contributed by atoms with E-state index in [1.54, 1.807) is 0 Å². The zero-order valence-corrected chi connectivity index (χ0v) is 22.4. The smallest absolute Gasteiger partial charge is 0.136 e. The molecule has 0 unspecified atom stereocenters. The van der Waals surface area contributed by atoms with E-state index in [9.17, 15) is 0 Å². The minimum Gasteiger partial charge on any atom is -0.374 e. The van der Waals surface area contributed by atoms with Crippen LogP contribution in [0.3, 0.4) is 0 Å². The van der Waals surface area contributed by atoms with Gasteiger partial charge in [0.2, 0.25) is 0 Å². The van der Waals surface area contributed by atoms with Crippen LogP contribution in [0.15, 0.2) is 42.5 Å². The van der Waals surface area contributed by atoms with E-state index in [1.807, 2.05) is 25.1 Å². The van der Waals surface area contributed by atoms with Crippen molar-refractivity contribution in [3.63, 3.8) is 0 Å². The fourth-order valence-electron chi connectivity index (χ4n) is 4.89. The van der Waals surface area contributed by atoms with Crippen molar-refractivity contribution in [1.82, 2.24) is 24.3 Å². The lowest BCUT2D eigenvalue weighted by Gasteiger charge is -2.34. The average molecular weight is 507 g/mol. The Morgan fingerprint density at radius 1 is 1.03 bits per heavy atom. The number of ether oxygens (including phenoxy) is 1. The summed E-state index contributed by atoms with van der Waals surface area (Å²) in [6, 6.07) is 14.7. The van der Waals surface area contributed by atoms with Crippen molar-refractivity contribution in [3.05, 3.63) is 53.3 Å². The van der Waals surface area contributed by atoms with Gasteiger partial charge in [-0.25, -0.2) is 9.97 Å². The summed E-state index contributed by atoms with van der Waals surface area (Å²) in [4.78, 5) is 17.3. The molecule has 7 nitrogen and oxygen atoms in total. The van der Waals surface area contributed by atoms with Crippen LogP contribution in [0.25, 0.3) is 33.2 Å². The van der Waals surface area contributed by atoms with Gasteiger partial charge in [-0.1, -0.05) is 29.8 Å². The first kappa shape index (κ1) is 25.0. The number of rotatable bonds is 8. The number of anilines is 1. The number of halogens is 1. The summed E-state index contributed by atoms with van der Waals surface area (Å²) >= 11 is 6.79. The highest BCUT2D eigenvalue weighted by Gasteiger charge is 2.22. The van der Waals surface area contributed by atoms with Crippen molar-refractivity contribution in [1.29, 1.82) is 0 Å². The molecule has 0 amide bonds. The second-order valence-corrected chi connectivity index (χ2v) is 10.2. The van der Waals surface area contributed by atoms with Crippen LogP contribution in [0, 0.1) is 0 Å². The molecule has 0 N–H and O–H groups in total. The van der Waals surface area contributed by atoms with Gasteiger partial charge < -0.3 is 24.0 Å². The topological polar surface area (TPSA) is 49.7 Å². The predicted molar refractivity (Wildman–Crippen MR) is 149 cm³/mol. The van der Waals surface area contributed by atoms with E-state index in [-0.39, 0.29) is 0 Å². The van der Waals surface area contributed by atoms with Gasteiger partial charge >= 0.3 is 0 Å². The number of likely N-dealkylation sites (N-methyl/N-ethyl adjacent to an activating group) is 2. The van der Waals surface area contributed by atoms with E-state index in [0.717, 1.165) is 78.3 Å². The van der Waals surface area contributed by atoms with Gasteiger partial charge in [0.05, 0.1) is 21.7 Å². The lowest BCUT2D eigenvalue weighted by molar-refractivity contribution is 0.125. The van der Waals surface area contributed by atoms with Crippen molar-refractivity contribution in [2.45, 2.75) is 20.1 Å². The van der Waals surface area contributed by atoms with Crippen LogP contribution < -0.4 is 4.90 Å². The molecule has 2 aromatic heterocycles. The molecule has 1 saturated heterocycles. The Labute approximate surface area is 218 Å². The highest BCUT2D eigenvalue weighted by atomic mass is 35.5. The maximum absolute atomic E-state index is 6.79. The Bertz CT molecular complexity index is 1360. The Morgan fingerprint density at radius 3 is 2.56 bits per heavy atom. The fourth-order valence-corrected chi connectivity index (χ4v) is 5.15. The lowest BCUT2D eigenvalue weighted by atomic mass is 10.1. The van der Waals surface area contributed by atoms with Crippen LogP contribution in [-0.4, -0.2) is 84.8 Å². The van der Waals surface area contributed by atoms with Crippen molar-refractivity contribution in [2.24, 2.45) is 0 Å². The summed E-state index contributed by atoms with van der Waals surface area (Å²) in [6.45, 7) is 8.94. The zero-order valence-electron chi connectivity index (χ0n) is 21.7. The van der Waals surface area contributed by atoms with Crippen LogP contribution in [0.5, 0.6) is 0 Å². The quantitative estimate of drug-likeness (QED) is 0.343. The highest BCUT2D eigenvalue weighted by molar-refractivity contribution is 6.37. The van der Waals surface area contributed by atoms with Gasteiger partial charge in [-0.15, -0.1) is 0 Å². The number of benzene rings is 2. The first-order valence-corrected chi connectivity index (χ1v) is 13.1. The minimum absolute atomic E-state index is 0.450. The van der Waals surface area contributed by atoms with Crippen LogP contribution in [0.2, 0.25) is 5.02 Å². The molecule has 1 aliphatic heterocycles. The molecule has 0 atom stereocenters. The Balaban J connectivity index is 1.71. The summed E-state index contributed by atoms with van der Waals surface area (Å²) in [6.07, 6.45) is 0. The molecule has 190 valence electrons. The van der Waals surface area contributed by atoms with Crippen LogP contribution >= 0.6 is 11.6 Å². The Morgan fingerprint density at radius 2 is 1.81 bits per heavy atom. The SMILES string of the molecule is CCOCc1nc2c(-c3cccc(N4CCN(C)CC4)c3)nc3cccc(Cl)c3c2n1CCN(C)C. The monoisotopic (exact) mass is 506 g/mol. The number of hydrogen-bond acceptors (Lipinski definition) is 6. The third-order valence-electron chi connectivity index (χ3n) is 6.93. The first-order chi connectivity index (χ1) is 17.5. The molecule has 2 aromatic carbocycles. The molecule has 0 bridgehead atoms. The number of hydrogen-bond donors (Lipinski definition) is 0. The molecule has 1 aliphatic rings. The van der Waals surface area contributed by atoms with Gasteiger partial charge in [-0.3, -0.25) is 0 Å². The standard InChI is InChI=1S/C28H35ClN6O/c1-5-36-19-24-31-27-26(20-8-6-9-21(18-20)34-15-13-33(4)14-16-34)30-23-11-7-10-22(29)25(23)28(27)35(24)17-12-32(2)3/h6-11,18H,5,12-17,19H2,1-4H3. The molecule has 3 heterocycles. The van der Waals surface area contributed by atoms with Gasteiger partial charge in [-0.05, 0) is 52.3 Å². The van der Waals surface area contributed by atoms with Gasteiger partial charge in [0, 0.05) is 62.5 Å². The van der Waals surface area contributed by atoms with Gasteiger partial charge in [0.15, 0.2) is 0 Å². The van der Waals surface area contributed by atoms with Crippen LogP contribution in [0.1, 0.15) is 12.7 Å². The second kappa shape index (κ2) is 10.7. The number of aromatic nitrogens is 3. The average Bonchev–Trinajstić information content (AvgIpc) is 3.24. The Kier molecular flexibility index (Phi) is 7.44. The maximum Gasteiger partial charge on any atom is 0.136 e. The molecule has 0 radical (unpaired) electrons. The van der Waals surface area contributed by atoms with Crippen molar-refractivity contribution in [2.75, 3.05) is 65.4 Å². The third-order valence-corrected chi connectivity index (χ3v) is 7.24. The van der Waals surface area contributed by atoms with E-state index in [2.05, 4.69) is 64.7 Å². The molecule has 1 fully saturated rings. The molecule has 36 heavy (non-hydrogen) atoms. The molecule has 0 saturated carbocycles. The second-order valence-electron chi connectivity index (χ2n) is 9.75. The van der Waals surface area contributed by atoms with Gasteiger partial charge in [0.1, 0.15) is 17.9 Å². The number of fused-ring (bicyclic) bond motifs is 3. The summed E-state index contributed by atoms with van der Waals surface area (Å²) < 4.78 is 8.10. The normalized spacial score (nSPS) is 15.0. The van der Waals surface area contributed by atoms with E-state index < -0.39 is 0 Å². The summed E-state index contributed by atoms with van der Waals surface area (Å²) in [5.41, 5.74) is 5.96. The molecule has 5 rings (SSSR count). The van der Waals surface area contributed by atoms with Crippen molar-refractivity contribution < 1.29 is 4.74 Å². The third kappa shape index (κ3) is 4.93. The number of piperazine rings is 1. The van der Waals surface area contributed by atoms with E-state index >= 15 is 0 Å². The van der Waals surface area contributed by atoms with Crippen LogP contribution in [0.4, 0.5) is 5.69 Å². The minimum atomic E-state index is 0.450. The maximum atomic E-state index is 6.79. The predicted octanol–water partition coefficient (Wildman–Crippen LogP) is 4.75. The molecular weight excluding hydrogens is 472 g/mol. The van der Waals surface area contributed by atoms with Crippen LogP contribution in [-0.2, 0) is 17.9 Å². The highest BCUT2D eigenvalue weighted by Crippen LogP contribution is 2.37. The lowest BCUT2D eigenvalue weighted by Crippen LogP contribution is -2.44. The van der Waals surface area contributed by atoms with Gasteiger partial charge in [-0.2, -0.15) is 0 Å². The number of pyridine rings is 1. The van der Waals surface area contributed by atoms with E-state index in [0.29, 0.717) is 18.2 Å². The van der Waals surface area contributed by atoms with Crippen molar-refractivity contribution >= 4 is 39.2 Å². The first-order valence-electron chi connectivity index (χ1n) is 12.7. The van der Waals surface area contributed by atoms with E-state index in [4.69, 9.17) is 26.3 Å². The van der Waals surface area contributed by atoms with Crippen molar-refractivity contribution in [3.8, 4) is 11.3 Å². The fraction of sp³-hybridized carbons (Fsp3) is 0.429. The number of nitrogens with zero attached hydrogens (tertiary/aromatic N) is 6. The number of imidazole rings is 1. The Hall–Kier alpha value is -2.71. The summed E-state index contributed by atoms with van der Waals surface area (Å²) in [5, 5.41) is 1.64. The summed E-state index contributed by atoms with van der Waals surface area (Å²) in [7, 11) is 6.35. The van der Waals surface area contributed by atoms with Gasteiger partial charge in [0.25, 0.3) is 0 Å². The summed E-state index contributed by atoms with van der Waals surface area (Å²) in [5.74, 6) is 0.902. The van der Waals surface area contributed by atoms with E-state index in [1.165, 1.54) is 5.69 Å². The molecule has 0 aliphatic carbocycles. The molecule has 8 heteroatoms. The molecular formula is C28H35ClN6O. The molecule has 4 aromatic rings.